The van der Waals surface area contributed by atoms with Crippen LogP contribution < -0.4 is 0 Å². The molecule has 2 aromatic rings. The zero-order valence-electron chi connectivity index (χ0n) is 20.5. The summed E-state index contributed by atoms with van der Waals surface area (Å²) in [5.74, 6) is -0.232. The average molecular weight is 479 g/mol. The lowest BCUT2D eigenvalue weighted by Crippen LogP contribution is -2.68. The van der Waals surface area contributed by atoms with Crippen molar-refractivity contribution in [3.8, 4) is 5.75 Å². The van der Waals surface area contributed by atoms with Crippen molar-refractivity contribution >= 4 is 18.0 Å². The van der Waals surface area contributed by atoms with Gasteiger partial charge in [0.2, 0.25) is 5.91 Å². The topological polar surface area (TPSA) is 83.2 Å². The standard InChI is InChI=1S/C28H34N2O5/c1-4-14-30-15-13-27(23-6-5-7-25(32)17-23)18-24(10-12-28(27,20-30)35-21(2)31)29(3)26(33)9-8-22-11-16-34-19-22/h4-9,11,16-17,19,24,32H,1,10,12-15,18,20H2,2-3H3/b9-8+/t24-,27+,28+/m1/s1. The third kappa shape index (κ3) is 4.91. The summed E-state index contributed by atoms with van der Waals surface area (Å²) in [6, 6.07) is 9.02. The monoisotopic (exact) mass is 478 g/mol. The molecule has 1 saturated carbocycles. The van der Waals surface area contributed by atoms with Crippen LogP contribution in [0.15, 0.2) is 66.0 Å². The van der Waals surface area contributed by atoms with Crippen molar-refractivity contribution in [2.75, 3.05) is 26.7 Å². The number of carbonyl (C=O) groups excluding carboxylic acids is 2. The molecule has 0 spiro atoms. The highest BCUT2D eigenvalue weighted by atomic mass is 16.6. The smallest absolute Gasteiger partial charge is 0.303 e. The lowest BCUT2D eigenvalue weighted by Gasteiger charge is -2.60. The van der Waals surface area contributed by atoms with Crippen LogP contribution in [0.2, 0.25) is 0 Å². The number of hydrogen-bond acceptors (Lipinski definition) is 6. The average Bonchev–Trinajstić information content (AvgIpc) is 3.35. The molecule has 0 unspecified atom stereocenters. The molecular formula is C28H34N2O5. The first kappa shape index (κ1) is 24.8. The molecule has 1 aliphatic carbocycles. The molecule has 186 valence electrons. The van der Waals surface area contributed by atoms with E-state index in [1.165, 1.54) is 6.92 Å². The van der Waals surface area contributed by atoms with E-state index in [-0.39, 0.29) is 23.7 Å². The van der Waals surface area contributed by atoms with Crippen LogP contribution in [0.5, 0.6) is 5.75 Å². The first-order valence-corrected chi connectivity index (χ1v) is 12.1. The maximum Gasteiger partial charge on any atom is 0.303 e. The number of fused-ring (bicyclic) bond motifs is 1. The van der Waals surface area contributed by atoms with Crippen LogP contribution in [0.3, 0.4) is 0 Å². The fourth-order valence-corrected chi connectivity index (χ4v) is 5.97. The predicted octanol–water partition coefficient (Wildman–Crippen LogP) is 4.14. The van der Waals surface area contributed by atoms with Crippen LogP contribution in [-0.4, -0.2) is 65.1 Å². The Kier molecular flexibility index (Phi) is 7.17. The third-order valence-electron chi connectivity index (χ3n) is 7.65. The number of phenolic OH excluding ortho intramolecular Hbond substituents is 1. The highest BCUT2D eigenvalue weighted by molar-refractivity contribution is 5.91. The molecule has 2 fully saturated rings. The quantitative estimate of drug-likeness (QED) is 0.366. The van der Waals surface area contributed by atoms with Crippen molar-refractivity contribution in [2.24, 2.45) is 0 Å². The number of likely N-dealkylation sites (N-methyl/N-ethyl adjacent to an activating group) is 1. The molecule has 1 aromatic heterocycles. The first-order chi connectivity index (χ1) is 16.8. The minimum atomic E-state index is -0.763. The van der Waals surface area contributed by atoms with Gasteiger partial charge in [0.25, 0.3) is 0 Å². The van der Waals surface area contributed by atoms with Gasteiger partial charge >= 0.3 is 5.97 Å². The Hall–Kier alpha value is -3.32. The summed E-state index contributed by atoms with van der Waals surface area (Å²) < 4.78 is 11.3. The molecule has 2 heterocycles. The Morgan fingerprint density at radius 1 is 1.34 bits per heavy atom. The van der Waals surface area contributed by atoms with Gasteiger partial charge in [-0.2, -0.15) is 0 Å². The molecule has 0 radical (unpaired) electrons. The normalized spacial score (nSPS) is 26.7. The zero-order valence-corrected chi connectivity index (χ0v) is 20.5. The Labute approximate surface area is 206 Å². The number of benzene rings is 1. The fraction of sp³-hybridized carbons (Fsp3) is 0.429. The van der Waals surface area contributed by atoms with Crippen LogP contribution in [-0.2, 0) is 19.7 Å². The van der Waals surface area contributed by atoms with E-state index in [0.29, 0.717) is 32.4 Å². The molecule has 3 atom stereocenters. The first-order valence-electron chi connectivity index (χ1n) is 12.1. The number of aromatic hydroxyl groups is 1. The van der Waals surface area contributed by atoms with Crippen molar-refractivity contribution in [2.45, 2.75) is 49.7 Å². The maximum absolute atomic E-state index is 13.1. The van der Waals surface area contributed by atoms with E-state index in [1.807, 2.05) is 25.3 Å². The predicted molar refractivity (Wildman–Crippen MR) is 134 cm³/mol. The number of ether oxygens (including phenoxy) is 1. The number of esters is 1. The Morgan fingerprint density at radius 3 is 2.86 bits per heavy atom. The number of phenols is 1. The van der Waals surface area contributed by atoms with Crippen molar-refractivity contribution in [3.63, 3.8) is 0 Å². The number of rotatable bonds is 7. The molecule has 7 heteroatoms. The number of piperidine rings is 1. The van der Waals surface area contributed by atoms with E-state index in [0.717, 1.165) is 24.1 Å². The second-order valence-electron chi connectivity index (χ2n) is 9.73. The summed E-state index contributed by atoms with van der Waals surface area (Å²) in [6.45, 7) is 7.43. The second kappa shape index (κ2) is 10.1. The van der Waals surface area contributed by atoms with Gasteiger partial charge in [0.1, 0.15) is 11.4 Å². The summed E-state index contributed by atoms with van der Waals surface area (Å²) in [7, 11) is 1.83. The lowest BCUT2D eigenvalue weighted by atomic mass is 9.55. The maximum atomic E-state index is 13.1. The summed E-state index contributed by atoms with van der Waals surface area (Å²) >= 11 is 0. The van der Waals surface area contributed by atoms with Gasteiger partial charge in [-0.3, -0.25) is 14.5 Å². The molecular weight excluding hydrogens is 444 g/mol. The molecule has 1 amide bonds. The van der Waals surface area contributed by atoms with E-state index < -0.39 is 11.0 Å². The summed E-state index contributed by atoms with van der Waals surface area (Å²) in [6.07, 6.45) is 11.0. The van der Waals surface area contributed by atoms with Crippen molar-refractivity contribution in [3.05, 3.63) is 72.7 Å². The van der Waals surface area contributed by atoms with E-state index >= 15 is 0 Å². The van der Waals surface area contributed by atoms with Crippen LogP contribution in [0.25, 0.3) is 6.08 Å². The van der Waals surface area contributed by atoms with Crippen LogP contribution in [0.4, 0.5) is 0 Å². The largest absolute Gasteiger partial charge is 0.508 e. The van der Waals surface area contributed by atoms with E-state index in [2.05, 4.69) is 11.5 Å². The van der Waals surface area contributed by atoms with Gasteiger partial charge in [0, 0.05) is 50.2 Å². The molecule has 35 heavy (non-hydrogen) atoms. The number of hydrogen-bond donors (Lipinski definition) is 1. The Morgan fingerprint density at radius 2 is 2.17 bits per heavy atom. The molecule has 7 nitrogen and oxygen atoms in total. The minimum absolute atomic E-state index is 0.0477. The van der Waals surface area contributed by atoms with Gasteiger partial charge in [-0.05, 0) is 62.1 Å². The van der Waals surface area contributed by atoms with Crippen molar-refractivity contribution < 1.29 is 23.8 Å². The van der Waals surface area contributed by atoms with Crippen molar-refractivity contribution in [1.82, 2.24) is 9.80 Å². The van der Waals surface area contributed by atoms with E-state index in [1.54, 1.807) is 47.8 Å². The van der Waals surface area contributed by atoms with Gasteiger partial charge < -0.3 is 19.2 Å². The molecule has 1 N–H and O–H groups in total. The van der Waals surface area contributed by atoms with Gasteiger partial charge in [-0.1, -0.05) is 18.2 Å². The summed E-state index contributed by atoms with van der Waals surface area (Å²) in [5.41, 5.74) is 0.466. The third-order valence-corrected chi connectivity index (χ3v) is 7.65. The molecule has 4 rings (SSSR count). The zero-order chi connectivity index (χ0) is 25.1. The molecule has 0 bridgehead atoms. The second-order valence-corrected chi connectivity index (χ2v) is 9.73. The van der Waals surface area contributed by atoms with E-state index in [4.69, 9.17) is 9.15 Å². The lowest BCUT2D eigenvalue weighted by molar-refractivity contribution is -0.189. The van der Waals surface area contributed by atoms with Crippen LogP contribution in [0.1, 0.15) is 43.7 Å². The molecule has 1 aliphatic heterocycles. The van der Waals surface area contributed by atoms with Crippen molar-refractivity contribution in [1.29, 1.82) is 0 Å². The number of furan rings is 1. The number of nitrogens with zero attached hydrogens (tertiary/aromatic N) is 2. The van der Waals surface area contributed by atoms with Gasteiger partial charge in [-0.25, -0.2) is 0 Å². The SMILES string of the molecule is C=CCN1CC[C@@]2(c3cccc(O)c3)C[C@H](N(C)C(=O)/C=C/c3ccoc3)CC[C@]2(OC(C)=O)C1. The summed E-state index contributed by atoms with van der Waals surface area (Å²) in [4.78, 5) is 29.5. The summed E-state index contributed by atoms with van der Waals surface area (Å²) in [5, 5.41) is 10.3. The number of amides is 1. The molecule has 2 aliphatic rings. The number of likely N-dealkylation sites (tertiary alicyclic amines) is 1. The molecule has 1 saturated heterocycles. The van der Waals surface area contributed by atoms with E-state index in [9.17, 15) is 14.7 Å². The molecule has 1 aromatic carbocycles. The van der Waals surface area contributed by atoms with Gasteiger partial charge in [-0.15, -0.1) is 6.58 Å². The highest BCUT2D eigenvalue weighted by Gasteiger charge is 2.61. The Balaban J connectivity index is 1.70. The highest BCUT2D eigenvalue weighted by Crippen LogP contribution is 2.54. The Bertz CT molecular complexity index is 1090. The van der Waals surface area contributed by atoms with Gasteiger partial charge in [0.15, 0.2) is 0 Å². The van der Waals surface area contributed by atoms with Crippen LogP contribution in [0, 0.1) is 0 Å². The minimum Gasteiger partial charge on any atom is -0.508 e. The van der Waals surface area contributed by atoms with Crippen LogP contribution >= 0.6 is 0 Å². The fourth-order valence-electron chi connectivity index (χ4n) is 5.97. The number of carbonyl (C=O) groups is 2. The van der Waals surface area contributed by atoms with Gasteiger partial charge in [0.05, 0.1) is 12.5 Å².